The van der Waals surface area contributed by atoms with Crippen molar-refractivity contribution in [1.29, 1.82) is 0 Å². The van der Waals surface area contributed by atoms with Crippen LogP contribution >= 0.6 is 0 Å². The Balaban J connectivity index is 2.00. The quantitative estimate of drug-likeness (QED) is 0.708. The highest BCUT2D eigenvalue weighted by Crippen LogP contribution is 2.12. The number of hydrogen-bond acceptors (Lipinski definition) is 4. The maximum Gasteiger partial charge on any atom is 0.270 e. The summed E-state index contributed by atoms with van der Waals surface area (Å²) in [7, 11) is 0. The maximum absolute atomic E-state index is 11.9. The maximum atomic E-state index is 11.9. The van der Waals surface area contributed by atoms with Crippen LogP contribution in [0, 0.1) is 0 Å². The average Bonchev–Trinajstić information content (AvgIpc) is 2.82. The molecule has 2 heterocycles. The molecule has 1 aromatic heterocycles. The molecule has 82 valence electrons. The van der Waals surface area contributed by atoms with Gasteiger partial charge in [-0.25, -0.2) is 14.7 Å². The summed E-state index contributed by atoms with van der Waals surface area (Å²) in [4.78, 5) is 21.0. The second-order valence-corrected chi connectivity index (χ2v) is 3.53. The number of carbonyl (C=O) groups excluding carboxylic acids is 1. The van der Waals surface area contributed by atoms with E-state index in [9.17, 15) is 4.79 Å². The van der Waals surface area contributed by atoms with Crippen LogP contribution in [0.25, 0.3) is 0 Å². The topological polar surface area (TPSA) is 60.2 Å². The third kappa shape index (κ3) is 2.15. The highest BCUT2D eigenvalue weighted by Gasteiger charge is 2.24. The summed E-state index contributed by atoms with van der Waals surface area (Å²) in [6, 6.07) is -0.356. The number of carbonyl (C=O) groups is 1. The van der Waals surface area contributed by atoms with E-state index in [2.05, 4.69) is 10.1 Å². The Labute approximate surface area is 87.8 Å². The van der Waals surface area contributed by atoms with Gasteiger partial charge in [0.2, 0.25) is 0 Å². The Morgan fingerprint density at radius 2 is 2.40 bits per heavy atom. The summed E-state index contributed by atoms with van der Waals surface area (Å²) in [5.74, 6) is -0.0693. The molecule has 0 aromatic carbocycles. The van der Waals surface area contributed by atoms with Gasteiger partial charge in [0.15, 0.2) is 0 Å². The lowest BCUT2D eigenvalue weighted by Crippen LogP contribution is -2.39. The van der Waals surface area contributed by atoms with Crippen molar-refractivity contribution in [3.05, 3.63) is 12.7 Å². The first-order valence-corrected chi connectivity index (χ1v) is 5.07. The van der Waals surface area contributed by atoms with E-state index in [1.54, 1.807) is 6.92 Å². The highest BCUT2D eigenvalue weighted by molar-refractivity contribution is 5.78. The molecule has 1 amide bonds. The third-order valence-electron chi connectivity index (χ3n) is 2.44. The molecule has 1 atom stereocenters. The molecular formula is C9H14N4O2. The second kappa shape index (κ2) is 4.39. The summed E-state index contributed by atoms with van der Waals surface area (Å²) in [5.41, 5.74) is 0. The summed E-state index contributed by atoms with van der Waals surface area (Å²) < 4.78 is 1.53. The van der Waals surface area contributed by atoms with Gasteiger partial charge in [-0.1, -0.05) is 0 Å². The fraction of sp³-hybridized carbons (Fsp3) is 0.667. The lowest BCUT2D eigenvalue weighted by Gasteiger charge is -2.28. The minimum absolute atomic E-state index is 0.0693. The van der Waals surface area contributed by atoms with Gasteiger partial charge in [-0.15, -0.1) is 0 Å². The number of hydroxylamine groups is 2. The van der Waals surface area contributed by atoms with Crippen molar-refractivity contribution >= 4 is 5.91 Å². The van der Waals surface area contributed by atoms with Gasteiger partial charge in [0.05, 0.1) is 6.61 Å². The highest BCUT2D eigenvalue weighted by atomic mass is 16.7. The van der Waals surface area contributed by atoms with E-state index in [-0.39, 0.29) is 11.9 Å². The van der Waals surface area contributed by atoms with Crippen molar-refractivity contribution < 1.29 is 9.63 Å². The van der Waals surface area contributed by atoms with E-state index >= 15 is 0 Å². The zero-order valence-electron chi connectivity index (χ0n) is 8.67. The van der Waals surface area contributed by atoms with Gasteiger partial charge < -0.3 is 0 Å². The first-order valence-electron chi connectivity index (χ1n) is 5.07. The molecule has 0 aliphatic carbocycles. The molecule has 1 aliphatic rings. The van der Waals surface area contributed by atoms with E-state index in [4.69, 9.17) is 4.84 Å². The fourth-order valence-corrected chi connectivity index (χ4v) is 1.51. The zero-order chi connectivity index (χ0) is 10.7. The van der Waals surface area contributed by atoms with Gasteiger partial charge in [-0.3, -0.25) is 9.63 Å². The van der Waals surface area contributed by atoms with Gasteiger partial charge in [0.25, 0.3) is 5.91 Å². The summed E-state index contributed by atoms with van der Waals surface area (Å²) in [5, 5.41) is 5.36. The van der Waals surface area contributed by atoms with Crippen molar-refractivity contribution in [1.82, 2.24) is 19.8 Å². The van der Waals surface area contributed by atoms with Crippen molar-refractivity contribution in [3.8, 4) is 0 Å². The molecule has 0 radical (unpaired) electrons. The van der Waals surface area contributed by atoms with Crippen molar-refractivity contribution in [3.63, 3.8) is 0 Å². The molecule has 2 rings (SSSR count). The lowest BCUT2D eigenvalue weighted by molar-refractivity contribution is -0.200. The Morgan fingerprint density at radius 3 is 3.00 bits per heavy atom. The number of amides is 1. The minimum Gasteiger partial charge on any atom is -0.271 e. The van der Waals surface area contributed by atoms with Crippen LogP contribution in [0.5, 0.6) is 0 Å². The number of aromatic nitrogens is 3. The Hall–Kier alpha value is -1.43. The fourth-order valence-electron chi connectivity index (χ4n) is 1.51. The number of hydrogen-bond donors (Lipinski definition) is 0. The largest absolute Gasteiger partial charge is 0.271 e. The van der Waals surface area contributed by atoms with Crippen LogP contribution in [0.15, 0.2) is 12.7 Å². The van der Waals surface area contributed by atoms with Gasteiger partial charge in [-0.05, 0) is 19.8 Å². The Morgan fingerprint density at radius 1 is 1.53 bits per heavy atom. The molecule has 1 unspecified atom stereocenters. The van der Waals surface area contributed by atoms with E-state index in [0.717, 1.165) is 12.8 Å². The molecule has 1 aromatic rings. The molecule has 0 N–H and O–H groups in total. The van der Waals surface area contributed by atoms with Crippen LogP contribution in [-0.2, 0) is 9.63 Å². The normalized spacial score (nSPS) is 18.9. The predicted octanol–water partition coefficient (Wildman–Crippen LogP) is 0.393. The molecule has 6 nitrogen and oxygen atoms in total. The van der Waals surface area contributed by atoms with Crippen LogP contribution in [-0.4, -0.2) is 38.9 Å². The van der Waals surface area contributed by atoms with Crippen LogP contribution in [0.2, 0.25) is 0 Å². The van der Waals surface area contributed by atoms with Crippen molar-refractivity contribution in [2.75, 3.05) is 13.2 Å². The molecule has 1 aliphatic heterocycles. The average molecular weight is 210 g/mol. The van der Waals surface area contributed by atoms with Gasteiger partial charge in [0, 0.05) is 6.54 Å². The zero-order valence-corrected chi connectivity index (χ0v) is 8.67. The second-order valence-electron chi connectivity index (χ2n) is 3.53. The van der Waals surface area contributed by atoms with Crippen molar-refractivity contribution in [2.45, 2.75) is 25.8 Å². The van der Waals surface area contributed by atoms with Crippen LogP contribution in [0.4, 0.5) is 0 Å². The van der Waals surface area contributed by atoms with Gasteiger partial charge in [-0.2, -0.15) is 5.10 Å². The monoisotopic (exact) mass is 210 g/mol. The standard InChI is InChI=1S/C9H14N4O2/c1-8(12-7-10-6-11-12)9(14)13-4-2-3-5-15-13/h6-8H,2-5H2,1H3. The smallest absolute Gasteiger partial charge is 0.270 e. The van der Waals surface area contributed by atoms with E-state index in [0.29, 0.717) is 13.2 Å². The van der Waals surface area contributed by atoms with Crippen LogP contribution < -0.4 is 0 Å². The van der Waals surface area contributed by atoms with E-state index in [1.807, 2.05) is 0 Å². The third-order valence-corrected chi connectivity index (χ3v) is 2.44. The predicted molar refractivity (Wildman–Crippen MR) is 51.6 cm³/mol. The van der Waals surface area contributed by atoms with Crippen LogP contribution in [0.1, 0.15) is 25.8 Å². The number of rotatable bonds is 2. The number of nitrogens with zero attached hydrogens (tertiary/aromatic N) is 4. The van der Waals surface area contributed by atoms with Gasteiger partial charge in [0.1, 0.15) is 18.7 Å². The molecule has 0 bridgehead atoms. The lowest BCUT2D eigenvalue weighted by atomic mass is 10.2. The summed E-state index contributed by atoms with van der Waals surface area (Å²) in [6.07, 6.45) is 4.96. The molecule has 1 saturated heterocycles. The first-order chi connectivity index (χ1) is 7.29. The molecule has 0 spiro atoms. The molecule has 1 fully saturated rings. The van der Waals surface area contributed by atoms with Crippen molar-refractivity contribution in [2.24, 2.45) is 0 Å². The summed E-state index contributed by atoms with van der Waals surface area (Å²) in [6.45, 7) is 3.07. The molecule has 6 heteroatoms. The minimum atomic E-state index is -0.356. The van der Waals surface area contributed by atoms with Crippen LogP contribution in [0.3, 0.4) is 0 Å². The molecular weight excluding hydrogens is 196 g/mol. The summed E-state index contributed by atoms with van der Waals surface area (Å²) >= 11 is 0. The van der Waals surface area contributed by atoms with E-state index < -0.39 is 0 Å². The SMILES string of the molecule is CC(C(=O)N1CCCCO1)n1cncn1. The first kappa shape index (κ1) is 10.1. The Kier molecular flexibility index (Phi) is 2.96. The molecule has 15 heavy (non-hydrogen) atoms. The van der Waals surface area contributed by atoms with Gasteiger partial charge >= 0.3 is 0 Å². The van der Waals surface area contributed by atoms with E-state index in [1.165, 1.54) is 22.4 Å². The molecule has 0 saturated carbocycles. The Bertz CT molecular complexity index is 319.